The first-order valence-corrected chi connectivity index (χ1v) is 7.88. The molecule has 0 aliphatic rings. The number of carboxylic acid groups (broad SMARTS) is 1. The van der Waals surface area contributed by atoms with Gasteiger partial charge in [0.05, 0.1) is 31.5 Å². The number of benzene rings is 1. The van der Waals surface area contributed by atoms with E-state index in [1.54, 1.807) is 0 Å². The van der Waals surface area contributed by atoms with Gasteiger partial charge in [-0.2, -0.15) is 0 Å². The van der Waals surface area contributed by atoms with E-state index in [0.29, 0.717) is 16.7 Å². The van der Waals surface area contributed by atoms with Gasteiger partial charge in [0.15, 0.2) is 0 Å². The molecule has 22 heavy (non-hydrogen) atoms. The summed E-state index contributed by atoms with van der Waals surface area (Å²) in [5.74, 6) is -1.05. The molecule has 116 valence electrons. The van der Waals surface area contributed by atoms with E-state index >= 15 is 0 Å². The number of rotatable bonds is 3. The third-order valence-corrected chi connectivity index (χ3v) is 5.37. The Hall–Kier alpha value is -0.420. The Balaban J connectivity index is 2.70. The first-order chi connectivity index (χ1) is 10.2. The van der Waals surface area contributed by atoms with Crippen LogP contribution in [-0.4, -0.2) is 16.1 Å². The molecule has 0 atom stereocenters. The van der Waals surface area contributed by atoms with Gasteiger partial charge in [0.1, 0.15) is 5.15 Å². The predicted molar refractivity (Wildman–Crippen MR) is 91.1 cm³/mol. The largest absolute Gasteiger partial charge is 0.481 e. The Morgan fingerprint density at radius 2 is 1.45 bits per heavy atom. The molecular weight excluding hydrogens is 415 g/mol. The number of pyridine rings is 1. The number of carbonyl (C=O) groups is 1. The summed E-state index contributed by atoms with van der Waals surface area (Å²) >= 11 is 36.2. The van der Waals surface area contributed by atoms with Gasteiger partial charge < -0.3 is 5.11 Å². The van der Waals surface area contributed by atoms with Crippen molar-refractivity contribution in [3.63, 3.8) is 0 Å². The van der Waals surface area contributed by atoms with Crippen molar-refractivity contribution in [2.45, 2.75) is 6.42 Å². The third-order valence-electron chi connectivity index (χ3n) is 2.75. The summed E-state index contributed by atoms with van der Waals surface area (Å²) in [6.45, 7) is 0. The third kappa shape index (κ3) is 3.40. The number of aromatic nitrogens is 1. The minimum absolute atomic E-state index is 0.0368. The molecule has 0 radical (unpaired) electrons. The molecule has 0 unspecified atom stereocenters. The Bertz CT molecular complexity index is 749. The van der Waals surface area contributed by atoms with Crippen molar-refractivity contribution in [1.29, 1.82) is 0 Å². The SMILES string of the molecule is O=C(O)Cc1cc(-c2c(Cl)c(Cl)c(Cl)c(Cl)c2Cl)cnc1Cl. The average Bonchev–Trinajstić information content (AvgIpc) is 2.46. The minimum Gasteiger partial charge on any atom is -0.481 e. The zero-order valence-electron chi connectivity index (χ0n) is 10.4. The van der Waals surface area contributed by atoms with Crippen molar-refractivity contribution in [1.82, 2.24) is 4.98 Å². The normalized spacial score (nSPS) is 10.8. The van der Waals surface area contributed by atoms with E-state index in [-0.39, 0.29) is 36.7 Å². The molecule has 0 fully saturated rings. The van der Waals surface area contributed by atoms with E-state index in [2.05, 4.69) is 4.98 Å². The van der Waals surface area contributed by atoms with E-state index in [9.17, 15) is 4.79 Å². The number of halogens is 6. The molecule has 0 bridgehead atoms. The van der Waals surface area contributed by atoms with Crippen LogP contribution < -0.4 is 0 Å². The van der Waals surface area contributed by atoms with Crippen LogP contribution in [0.5, 0.6) is 0 Å². The summed E-state index contributed by atoms with van der Waals surface area (Å²) in [6, 6.07) is 1.51. The molecule has 0 aliphatic carbocycles. The van der Waals surface area contributed by atoms with E-state index in [0.717, 1.165) is 0 Å². The second kappa shape index (κ2) is 7.00. The smallest absolute Gasteiger partial charge is 0.307 e. The molecule has 2 rings (SSSR count). The van der Waals surface area contributed by atoms with Gasteiger partial charge in [-0.15, -0.1) is 0 Å². The Labute approximate surface area is 155 Å². The standard InChI is InChI=1S/C13H5Cl6NO2/c14-8-7(9(15)11(17)12(18)10(8)16)5-1-4(2-6(21)22)13(19)20-3-5/h1,3H,2H2,(H,21,22). The van der Waals surface area contributed by atoms with Crippen LogP contribution in [-0.2, 0) is 11.2 Å². The van der Waals surface area contributed by atoms with Gasteiger partial charge in [-0.05, 0) is 6.07 Å². The Morgan fingerprint density at radius 3 is 1.95 bits per heavy atom. The average molecular weight is 420 g/mol. The molecule has 0 saturated heterocycles. The van der Waals surface area contributed by atoms with E-state index < -0.39 is 5.97 Å². The lowest BCUT2D eigenvalue weighted by Gasteiger charge is -2.13. The summed E-state index contributed by atoms with van der Waals surface area (Å²) in [6.07, 6.45) is 1.09. The van der Waals surface area contributed by atoms with Crippen LogP contribution in [0, 0.1) is 0 Å². The zero-order chi connectivity index (χ0) is 16.6. The number of hydrogen-bond acceptors (Lipinski definition) is 2. The number of carboxylic acids is 1. The lowest BCUT2D eigenvalue weighted by atomic mass is 10.0. The summed E-state index contributed by atoms with van der Waals surface area (Å²) in [5.41, 5.74) is 1.04. The van der Waals surface area contributed by atoms with Crippen LogP contribution in [0.4, 0.5) is 0 Å². The van der Waals surface area contributed by atoms with Crippen molar-refractivity contribution in [3.8, 4) is 11.1 Å². The number of aliphatic carboxylic acids is 1. The molecule has 2 aromatic rings. The van der Waals surface area contributed by atoms with Gasteiger partial charge in [-0.25, -0.2) is 4.98 Å². The highest BCUT2D eigenvalue weighted by Gasteiger charge is 2.21. The van der Waals surface area contributed by atoms with Crippen LogP contribution in [0.3, 0.4) is 0 Å². The van der Waals surface area contributed by atoms with Crippen LogP contribution >= 0.6 is 69.6 Å². The quantitative estimate of drug-likeness (QED) is 0.361. The fourth-order valence-corrected chi connectivity index (χ4v) is 3.30. The van der Waals surface area contributed by atoms with Crippen molar-refractivity contribution in [2.24, 2.45) is 0 Å². The maximum absolute atomic E-state index is 10.9. The molecule has 0 aliphatic heterocycles. The molecule has 1 N–H and O–H groups in total. The molecule has 0 spiro atoms. The highest BCUT2D eigenvalue weighted by molar-refractivity contribution is 6.56. The van der Waals surface area contributed by atoms with Crippen LogP contribution in [0.15, 0.2) is 12.3 Å². The maximum atomic E-state index is 10.9. The summed E-state index contributed by atoms with van der Waals surface area (Å²) in [5, 5.41) is 9.27. The highest BCUT2D eigenvalue weighted by Crippen LogP contribution is 2.48. The first-order valence-electron chi connectivity index (χ1n) is 5.62. The van der Waals surface area contributed by atoms with Crippen LogP contribution in [0.1, 0.15) is 5.56 Å². The summed E-state index contributed by atoms with van der Waals surface area (Å²) in [4.78, 5) is 14.8. The second-order valence-corrected chi connectivity index (χ2v) is 6.44. The summed E-state index contributed by atoms with van der Waals surface area (Å²) in [7, 11) is 0. The second-order valence-electron chi connectivity index (χ2n) is 4.19. The topological polar surface area (TPSA) is 50.2 Å². The lowest BCUT2D eigenvalue weighted by Crippen LogP contribution is -2.02. The molecule has 0 amide bonds. The van der Waals surface area contributed by atoms with Gasteiger partial charge in [0, 0.05) is 22.9 Å². The van der Waals surface area contributed by atoms with E-state index in [1.165, 1.54) is 12.3 Å². The fourth-order valence-electron chi connectivity index (χ4n) is 1.78. The van der Waals surface area contributed by atoms with Gasteiger partial charge in [-0.1, -0.05) is 69.6 Å². The van der Waals surface area contributed by atoms with Crippen molar-refractivity contribution in [2.75, 3.05) is 0 Å². The minimum atomic E-state index is -1.05. The molecule has 1 aromatic carbocycles. The van der Waals surface area contributed by atoms with E-state index in [4.69, 9.17) is 74.7 Å². The predicted octanol–water partition coefficient (Wildman–Crippen LogP) is 6.30. The molecular formula is C13H5Cl6NO2. The first kappa shape index (κ1) is 17.9. The molecule has 0 saturated carbocycles. The van der Waals surface area contributed by atoms with Gasteiger partial charge in [0.2, 0.25) is 0 Å². The molecule has 1 heterocycles. The fraction of sp³-hybridized carbons (Fsp3) is 0.0769. The van der Waals surface area contributed by atoms with Crippen molar-refractivity contribution in [3.05, 3.63) is 48.1 Å². The highest BCUT2D eigenvalue weighted by atomic mass is 35.5. The molecule has 1 aromatic heterocycles. The maximum Gasteiger partial charge on any atom is 0.307 e. The zero-order valence-corrected chi connectivity index (χ0v) is 15.0. The Kier molecular flexibility index (Phi) is 5.70. The van der Waals surface area contributed by atoms with Gasteiger partial charge in [0.25, 0.3) is 0 Å². The van der Waals surface area contributed by atoms with Crippen molar-refractivity contribution >= 4 is 75.6 Å². The number of nitrogens with zero attached hydrogens (tertiary/aromatic N) is 1. The van der Waals surface area contributed by atoms with E-state index in [1.807, 2.05) is 0 Å². The number of hydrogen-bond donors (Lipinski definition) is 1. The Morgan fingerprint density at radius 1 is 0.955 bits per heavy atom. The molecule has 9 heteroatoms. The lowest BCUT2D eigenvalue weighted by molar-refractivity contribution is -0.136. The van der Waals surface area contributed by atoms with Crippen LogP contribution in [0.25, 0.3) is 11.1 Å². The summed E-state index contributed by atoms with van der Waals surface area (Å²) < 4.78 is 0. The van der Waals surface area contributed by atoms with Gasteiger partial charge in [-0.3, -0.25) is 4.79 Å². The molecule has 3 nitrogen and oxygen atoms in total. The van der Waals surface area contributed by atoms with Gasteiger partial charge >= 0.3 is 5.97 Å². The monoisotopic (exact) mass is 417 g/mol. The van der Waals surface area contributed by atoms with Crippen LogP contribution in [0.2, 0.25) is 30.3 Å². The van der Waals surface area contributed by atoms with Crippen molar-refractivity contribution < 1.29 is 9.90 Å².